The smallest absolute Gasteiger partial charge is 0.224 e. The first-order valence-corrected chi connectivity index (χ1v) is 10.4. The second-order valence-corrected chi connectivity index (χ2v) is 7.59. The first kappa shape index (κ1) is 23.4. The minimum Gasteiger partial charge on any atom is -0.388 e. The van der Waals surface area contributed by atoms with Crippen LogP contribution in [0.5, 0.6) is 0 Å². The number of rotatable bonds is 10. The number of nitrogens with one attached hydrogen (secondary N) is 3. The van der Waals surface area contributed by atoms with E-state index in [1.165, 1.54) is 12.1 Å². The SMILES string of the molecule is CCC(CC)CNC(=O)Cc1c(C)[nH]c(/C=C(\C=O)c2cc(F)ccc2NC)c1C. The highest BCUT2D eigenvalue weighted by Crippen LogP contribution is 2.27. The maximum Gasteiger partial charge on any atom is 0.224 e. The van der Waals surface area contributed by atoms with Gasteiger partial charge in [0.15, 0.2) is 6.29 Å². The summed E-state index contributed by atoms with van der Waals surface area (Å²) >= 11 is 0. The molecule has 1 aromatic carbocycles. The molecule has 2 aromatic rings. The van der Waals surface area contributed by atoms with Gasteiger partial charge in [0.05, 0.1) is 6.42 Å². The summed E-state index contributed by atoms with van der Waals surface area (Å²) in [5.74, 6) is 0.0652. The van der Waals surface area contributed by atoms with Gasteiger partial charge in [-0.15, -0.1) is 0 Å². The lowest BCUT2D eigenvalue weighted by molar-refractivity contribution is -0.120. The molecule has 0 unspecified atom stereocenters. The highest BCUT2D eigenvalue weighted by molar-refractivity contribution is 6.15. The van der Waals surface area contributed by atoms with Crippen molar-refractivity contribution in [3.8, 4) is 0 Å². The van der Waals surface area contributed by atoms with E-state index in [0.29, 0.717) is 35.6 Å². The predicted octanol–water partition coefficient (Wildman–Crippen LogP) is 4.65. The zero-order valence-electron chi connectivity index (χ0n) is 18.5. The molecule has 1 amide bonds. The molecule has 0 atom stereocenters. The van der Waals surface area contributed by atoms with E-state index >= 15 is 0 Å². The van der Waals surface area contributed by atoms with Crippen LogP contribution in [0.25, 0.3) is 11.6 Å². The third-order valence-corrected chi connectivity index (χ3v) is 5.70. The van der Waals surface area contributed by atoms with Crippen LogP contribution in [0, 0.1) is 25.6 Å². The topological polar surface area (TPSA) is 74.0 Å². The van der Waals surface area contributed by atoms with Crippen LogP contribution < -0.4 is 10.6 Å². The number of aldehydes is 1. The summed E-state index contributed by atoms with van der Waals surface area (Å²) in [4.78, 5) is 27.5. The monoisotopic (exact) mass is 413 g/mol. The van der Waals surface area contributed by atoms with Crippen molar-refractivity contribution in [1.29, 1.82) is 0 Å². The van der Waals surface area contributed by atoms with Gasteiger partial charge in [0.1, 0.15) is 5.82 Å². The van der Waals surface area contributed by atoms with Crippen molar-refractivity contribution in [3.63, 3.8) is 0 Å². The summed E-state index contributed by atoms with van der Waals surface area (Å²) in [5.41, 5.74) is 4.96. The minimum absolute atomic E-state index is 0.0131. The summed E-state index contributed by atoms with van der Waals surface area (Å²) in [6, 6.07) is 4.29. The molecule has 1 aromatic heterocycles. The number of halogens is 1. The van der Waals surface area contributed by atoms with Crippen LogP contribution in [0.1, 0.15) is 54.8 Å². The summed E-state index contributed by atoms with van der Waals surface area (Å²) in [6.07, 6.45) is 4.78. The highest BCUT2D eigenvalue weighted by atomic mass is 19.1. The summed E-state index contributed by atoms with van der Waals surface area (Å²) in [6.45, 7) is 8.77. The van der Waals surface area contributed by atoms with Gasteiger partial charge in [-0.25, -0.2) is 4.39 Å². The Labute approximate surface area is 178 Å². The van der Waals surface area contributed by atoms with E-state index in [0.717, 1.165) is 35.4 Å². The van der Waals surface area contributed by atoms with E-state index in [1.807, 2.05) is 13.8 Å². The van der Waals surface area contributed by atoms with Gasteiger partial charge in [0.25, 0.3) is 0 Å². The Hall–Kier alpha value is -2.89. The molecule has 3 N–H and O–H groups in total. The minimum atomic E-state index is -0.411. The van der Waals surface area contributed by atoms with Crippen molar-refractivity contribution >= 4 is 29.5 Å². The molecule has 0 aliphatic carbocycles. The molecule has 2 rings (SSSR count). The van der Waals surface area contributed by atoms with Gasteiger partial charge >= 0.3 is 0 Å². The summed E-state index contributed by atoms with van der Waals surface area (Å²) in [5, 5.41) is 6.01. The first-order valence-electron chi connectivity index (χ1n) is 10.4. The lowest BCUT2D eigenvalue weighted by Gasteiger charge is -2.13. The number of carbonyl (C=O) groups excluding carboxylic acids is 2. The standard InChI is InChI=1S/C24H32FN3O2/c1-6-17(7-2)13-27-24(30)12-20-15(3)23(28-16(20)4)10-18(14-29)21-11-19(25)8-9-22(21)26-5/h8-11,14,17,26,28H,6-7,12-13H2,1-5H3,(H,27,30)/b18-10+. The predicted molar refractivity (Wildman–Crippen MR) is 121 cm³/mol. The van der Waals surface area contributed by atoms with Gasteiger partial charge in [0, 0.05) is 41.8 Å². The quantitative estimate of drug-likeness (QED) is 0.392. The zero-order chi connectivity index (χ0) is 22.3. The Morgan fingerprint density at radius 1 is 1.23 bits per heavy atom. The largest absolute Gasteiger partial charge is 0.388 e. The second-order valence-electron chi connectivity index (χ2n) is 7.59. The Morgan fingerprint density at radius 3 is 2.53 bits per heavy atom. The van der Waals surface area contributed by atoms with Crippen LogP contribution in [0.3, 0.4) is 0 Å². The van der Waals surface area contributed by atoms with Crippen LogP contribution in [-0.4, -0.2) is 30.8 Å². The molecule has 1 heterocycles. The number of hydrogen-bond donors (Lipinski definition) is 3. The molecule has 0 saturated heterocycles. The van der Waals surface area contributed by atoms with Crippen LogP contribution in [0.4, 0.5) is 10.1 Å². The van der Waals surface area contributed by atoms with Crippen LogP contribution in [0.15, 0.2) is 18.2 Å². The van der Waals surface area contributed by atoms with Crippen molar-refractivity contribution in [2.45, 2.75) is 47.0 Å². The number of hydrogen-bond acceptors (Lipinski definition) is 3. The number of benzene rings is 1. The molecule has 0 radical (unpaired) electrons. The maximum absolute atomic E-state index is 13.8. The molecule has 6 heteroatoms. The molecule has 5 nitrogen and oxygen atoms in total. The van der Waals surface area contributed by atoms with Crippen molar-refractivity contribution in [2.24, 2.45) is 5.92 Å². The lowest BCUT2D eigenvalue weighted by atomic mass is 10.0. The van der Waals surface area contributed by atoms with E-state index in [1.54, 1.807) is 19.2 Å². The number of anilines is 1. The molecule has 0 fully saturated rings. The molecule has 0 aliphatic heterocycles. The van der Waals surface area contributed by atoms with E-state index in [-0.39, 0.29) is 12.3 Å². The normalized spacial score (nSPS) is 11.6. The van der Waals surface area contributed by atoms with Crippen molar-refractivity contribution in [1.82, 2.24) is 10.3 Å². The van der Waals surface area contributed by atoms with Gasteiger partial charge in [-0.3, -0.25) is 9.59 Å². The number of aromatic nitrogens is 1. The first-order chi connectivity index (χ1) is 14.3. The van der Waals surface area contributed by atoms with Crippen molar-refractivity contribution in [3.05, 3.63) is 52.1 Å². The lowest BCUT2D eigenvalue weighted by Crippen LogP contribution is -2.30. The second kappa shape index (κ2) is 10.8. The zero-order valence-corrected chi connectivity index (χ0v) is 18.5. The molecule has 0 bridgehead atoms. The number of aromatic amines is 1. The van der Waals surface area contributed by atoms with Crippen LogP contribution in [-0.2, 0) is 16.0 Å². The van der Waals surface area contributed by atoms with Gasteiger partial charge < -0.3 is 15.6 Å². The Balaban J connectivity index is 2.29. The third-order valence-electron chi connectivity index (χ3n) is 5.70. The van der Waals surface area contributed by atoms with E-state index in [2.05, 4.69) is 29.5 Å². The van der Waals surface area contributed by atoms with E-state index < -0.39 is 5.82 Å². The fourth-order valence-electron chi connectivity index (χ4n) is 3.59. The van der Waals surface area contributed by atoms with Crippen molar-refractivity contribution in [2.75, 3.05) is 18.9 Å². The number of allylic oxidation sites excluding steroid dienone is 1. The average Bonchev–Trinajstić information content (AvgIpc) is 3.00. The average molecular weight is 414 g/mol. The molecule has 0 spiro atoms. The Morgan fingerprint density at radius 2 is 1.93 bits per heavy atom. The maximum atomic E-state index is 13.8. The van der Waals surface area contributed by atoms with Crippen LogP contribution in [0.2, 0.25) is 0 Å². The van der Waals surface area contributed by atoms with Gasteiger partial charge in [-0.2, -0.15) is 0 Å². The number of aryl methyl sites for hydroxylation is 1. The number of H-pyrrole nitrogens is 1. The fourth-order valence-corrected chi connectivity index (χ4v) is 3.59. The summed E-state index contributed by atoms with van der Waals surface area (Å²) in [7, 11) is 1.72. The van der Waals surface area contributed by atoms with E-state index in [4.69, 9.17) is 0 Å². The van der Waals surface area contributed by atoms with Gasteiger partial charge in [0.2, 0.25) is 5.91 Å². The fraction of sp³-hybridized carbons (Fsp3) is 0.417. The Kier molecular flexibility index (Phi) is 8.39. The number of amides is 1. The molecule has 0 aliphatic rings. The van der Waals surface area contributed by atoms with E-state index in [9.17, 15) is 14.0 Å². The third kappa shape index (κ3) is 5.59. The summed E-state index contributed by atoms with van der Waals surface area (Å²) < 4.78 is 13.8. The van der Waals surface area contributed by atoms with Crippen molar-refractivity contribution < 1.29 is 14.0 Å². The Bertz CT molecular complexity index is 927. The van der Waals surface area contributed by atoms with Gasteiger partial charge in [-0.05, 0) is 55.2 Å². The highest BCUT2D eigenvalue weighted by Gasteiger charge is 2.16. The molecule has 162 valence electrons. The molecular weight excluding hydrogens is 381 g/mol. The number of carbonyl (C=O) groups is 2. The van der Waals surface area contributed by atoms with Crippen LogP contribution >= 0.6 is 0 Å². The molecule has 0 saturated carbocycles. The molecular formula is C24H32FN3O2. The van der Waals surface area contributed by atoms with Gasteiger partial charge in [-0.1, -0.05) is 26.7 Å². The molecule has 30 heavy (non-hydrogen) atoms.